The number of carbonyl (C=O) groups is 3. The minimum atomic E-state index is -0.817. The Hall–Kier alpha value is -4.27. The molecule has 0 heterocycles. The highest BCUT2D eigenvalue weighted by molar-refractivity contribution is 6.13. The lowest BCUT2D eigenvalue weighted by Crippen LogP contribution is -2.47. The Morgan fingerprint density at radius 2 is 1.61 bits per heavy atom. The minimum Gasteiger partial charge on any atom is -0.497 e. The summed E-state index contributed by atoms with van der Waals surface area (Å²) in [6, 6.07) is 17.2. The predicted octanol–water partition coefficient (Wildman–Crippen LogP) is 4.72. The summed E-state index contributed by atoms with van der Waals surface area (Å²) < 4.78 is 15.4. The van der Waals surface area contributed by atoms with Crippen molar-refractivity contribution in [3.8, 4) is 5.75 Å². The van der Waals surface area contributed by atoms with Gasteiger partial charge in [0.1, 0.15) is 5.75 Å². The first-order valence-electron chi connectivity index (χ1n) is 10.4. The van der Waals surface area contributed by atoms with E-state index < -0.39 is 12.2 Å². The Balaban J connectivity index is 2.08. The van der Waals surface area contributed by atoms with Gasteiger partial charge in [0, 0.05) is 22.0 Å². The summed E-state index contributed by atoms with van der Waals surface area (Å²) in [4.78, 5) is 37.5. The molecule has 0 aliphatic heterocycles. The number of nitrogens with one attached hydrogen (secondary N) is 2. The number of anilines is 2. The van der Waals surface area contributed by atoms with E-state index in [1.165, 1.54) is 7.11 Å². The Bertz CT molecular complexity index is 1150. The largest absolute Gasteiger partial charge is 0.497 e. The highest BCUT2D eigenvalue weighted by atomic mass is 16.6. The van der Waals surface area contributed by atoms with Crippen LogP contribution < -0.4 is 20.5 Å². The van der Waals surface area contributed by atoms with Gasteiger partial charge in [-0.1, -0.05) is 18.2 Å². The Morgan fingerprint density at radius 3 is 2.27 bits per heavy atom. The molecular weight excluding hydrogens is 426 g/mol. The first-order valence-corrected chi connectivity index (χ1v) is 10.4. The summed E-state index contributed by atoms with van der Waals surface area (Å²) in [6.45, 7) is 3.54. The molecule has 2 N–H and O–H groups in total. The van der Waals surface area contributed by atoms with Crippen molar-refractivity contribution in [2.45, 2.75) is 13.8 Å². The molecule has 0 unspecified atom stereocenters. The highest BCUT2D eigenvalue weighted by Gasteiger charge is 2.24. The molecule has 9 heteroatoms. The number of hydrogen-bond acceptors (Lipinski definition) is 6. The summed E-state index contributed by atoms with van der Waals surface area (Å²) in [5.74, 6) is 0.239. The SMILES string of the molecule is CCOC(=O)NN(C(=O)OCC)c1ccc(NC(=O)c2ccccc2)c2ccc(OC)cc12. The second-order valence-electron chi connectivity index (χ2n) is 6.73. The van der Waals surface area contributed by atoms with Crippen LogP contribution in [0.15, 0.2) is 60.7 Å². The summed E-state index contributed by atoms with van der Waals surface area (Å²) in [6.07, 6.45) is -1.61. The average Bonchev–Trinajstić information content (AvgIpc) is 2.83. The van der Waals surface area contributed by atoms with Crippen molar-refractivity contribution in [3.05, 3.63) is 66.2 Å². The number of carbonyl (C=O) groups excluding carboxylic acids is 3. The zero-order valence-electron chi connectivity index (χ0n) is 18.6. The van der Waals surface area contributed by atoms with Gasteiger partial charge in [0.2, 0.25) is 0 Å². The third kappa shape index (κ3) is 5.51. The quantitative estimate of drug-likeness (QED) is 0.525. The van der Waals surface area contributed by atoms with E-state index in [4.69, 9.17) is 14.2 Å². The van der Waals surface area contributed by atoms with E-state index in [1.807, 2.05) is 6.07 Å². The van der Waals surface area contributed by atoms with Crippen LogP contribution in [0.3, 0.4) is 0 Å². The topological polar surface area (TPSA) is 106 Å². The van der Waals surface area contributed by atoms with Gasteiger partial charge in [-0.25, -0.2) is 15.0 Å². The Labute approximate surface area is 191 Å². The van der Waals surface area contributed by atoms with Crippen LogP contribution in [0.2, 0.25) is 0 Å². The van der Waals surface area contributed by atoms with Crippen molar-refractivity contribution in [2.24, 2.45) is 0 Å². The van der Waals surface area contributed by atoms with Crippen LogP contribution in [0, 0.1) is 0 Å². The van der Waals surface area contributed by atoms with Crippen LogP contribution in [0.25, 0.3) is 10.8 Å². The van der Waals surface area contributed by atoms with Crippen molar-refractivity contribution in [2.75, 3.05) is 30.6 Å². The number of hydrazine groups is 1. The zero-order valence-corrected chi connectivity index (χ0v) is 18.6. The fraction of sp³-hybridized carbons (Fsp3) is 0.208. The molecule has 3 rings (SSSR count). The highest BCUT2D eigenvalue weighted by Crippen LogP contribution is 2.35. The van der Waals surface area contributed by atoms with Crippen LogP contribution in [0.5, 0.6) is 5.75 Å². The van der Waals surface area contributed by atoms with E-state index in [9.17, 15) is 14.4 Å². The van der Waals surface area contributed by atoms with E-state index in [-0.39, 0.29) is 19.1 Å². The van der Waals surface area contributed by atoms with Crippen LogP contribution >= 0.6 is 0 Å². The van der Waals surface area contributed by atoms with Crippen molar-refractivity contribution >= 4 is 40.2 Å². The smallest absolute Gasteiger partial charge is 0.433 e. The number of amides is 3. The number of fused-ring (bicyclic) bond motifs is 1. The molecule has 3 amide bonds. The molecule has 0 radical (unpaired) electrons. The van der Waals surface area contributed by atoms with Gasteiger partial charge in [-0.3, -0.25) is 4.79 Å². The number of ether oxygens (including phenoxy) is 3. The summed E-state index contributed by atoms with van der Waals surface area (Å²) in [5, 5.41) is 5.01. The van der Waals surface area contributed by atoms with Gasteiger partial charge >= 0.3 is 12.2 Å². The average molecular weight is 451 g/mol. The van der Waals surface area contributed by atoms with Crippen molar-refractivity contribution in [1.29, 1.82) is 0 Å². The zero-order chi connectivity index (χ0) is 23.8. The molecule has 3 aromatic carbocycles. The molecule has 172 valence electrons. The van der Waals surface area contributed by atoms with Crippen LogP contribution in [0.4, 0.5) is 21.0 Å². The predicted molar refractivity (Wildman–Crippen MR) is 125 cm³/mol. The second kappa shape index (κ2) is 10.9. The van der Waals surface area contributed by atoms with E-state index >= 15 is 0 Å². The van der Waals surface area contributed by atoms with Gasteiger partial charge in [0.25, 0.3) is 5.91 Å². The maximum Gasteiger partial charge on any atom is 0.433 e. The second-order valence-corrected chi connectivity index (χ2v) is 6.73. The first kappa shape index (κ1) is 23.4. The van der Waals surface area contributed by atoms with E-state index in [1.54, 1.807) is 68.4 Å². The van der Waals surface area contributed by atoms with Crippen LogP contribution in [0.1, 0.15) is 24.2 Å². The standard InChI is InChI=1S/C24H25N3O6/c1-4-32-23(29)26-27(24(30)33-5-2)21-14-13-20(18-12-11-17(31-3)15-19(18)21)25-22(28)16-9-7-6-8-10-16/h6-15H,4-5H2,1-3H3,(H,25,28)(H,26,29). The molecule has 0 bridgehead atoms. The molecular formula is C24H25N3O6. The summed E-state index contributed by atoms with van der Waals surface area (Å²) in [5.41, 5.74) is 3.74. The van der Waals surface area contributed by atoms with E-state index in [0.29, 0.717) is 33.5 Å². The molecule has 0 fully saturated rings. The molecule has 3 aromatic rings. The molecule has 9 nitrogen and oxygen atoms in total. The molecule has 0 atom stereocenters. The molecule has 0 aliphatic carbocycles. The normalized spacial score (nSPS) is 10.3. The molecule has 0 aliphatic rings. The van der Waals surface area contributed by atoms with Gasteiger partial charge in [0.15, 0.2) is 0 Å². The molecule has 0 saturated heterocycles. The van der Waals surface area contributed by atoms with Gasteiger partial charge in [-0.05, 0) is 56.3 Å². The summed E-state index contributed by atoms with van der Waals surface area (Å²) in [7, 11) is 1.52. The lowest BCUT2D eigenvalue weighted by molar-refractivity contribution is 0.102. The van der Waals surface area contributed by atoms with Crippen LogP contribution in [-0.4, -0.2) is 38.4 Å². The molecule has 0 aromatic heterocycles. The molecule has 0 spiro atoms. The maximum absolute atomic E-state index is 12.7. The lowest BCUT2D eigenvalue weighted by atomic mass is 10.1. The lowest BCUT2D eigenvalue weighted by Gasteiger charge is -2.24. The number of nitrogens with zero attached hydrogens (tertiary/aromatic N) is 1. The van der Waals surface area contributed by atoms with Crippen LogP contribution in [-0.2, 0) is 9.47 Å². The molecule has 0 saturated carbocycles. The minimum absolute atomic E-state index is 0.103. The van der Waals surface area contributed by atoms with Gasteiger partial charge in [0.05, 0.1) is 26.0 Å². The monoisotopic (exact) mass is 451 g/mol. The fourth-order valence-corrected chi connectivity index (χ4v) is 3.17. The first-order chi connectivity index (χ1) is 16.0. The number of benzene rings is 3. The maximum atomic E-state index is 12.7. The van der Waals surface area contributed by atoms with Gasteiger partial charge in [-0.2, -0.15) is 5.01 Å². The van der Waals surface area contributed by atoms with Crippen molar-refractivity contribution in [3.63, 3.8) is 0 Å². The fourth-order valence-electron chi connectivity index (χ4n) is 3.17. The van der Waals surface area contributed by atoms with E-state index in [2.05, 4.69) is 10.7 Å². The summed E-state index contributed by atoms with van der Waals surface area (Å²) >= 11 is 0. The van der Waals surface area contributed by atoms with Gasteiger partial charge < -0.3 is 19.5 Å². The Morgan fingerprint density at radius 1 is 0.879 bits per heavy atom. The third-order valence-electron chi connectivity index (χ3n) is 4.65. The van der Waals surface area contributed by atoms with E-state index in [0.717, 1.165) is 5.01 Å². The van der Waals surface area contributed by atoms with Crippen molar-refractivity contribution in [1.82, 2.24) is 5.43 Å². The van der Waals surface area contributed by atoms with Crippen molar-refractivity contribution < 1.29 is 28.6 Å². The number of rotatable bonds is 6. The number of methoxy groups -OCH3 is 1. The Kier molecular flexibility index (Phi) is 7.69. The molecule has 33 heavy (non-hydrogen) atoms. The third-order valence-corrected chi connectivity index (χ3v) is 4.65. The number of hydrogen-bond donors (Lipinski definition) is 2. The van der Waals surface area contributed by atoms with Gasteiger partial charge in [-0.15, -0.1) is 0 Å².